The lowest BCUT2D eigenvalue weighted by molar-refractivity contribution is -0.247. The minimum atomic E-state index is -5.32. The highest BCUT2D eigenvalue weighted by atomic mass is 35.5. The molecule has 0 bridgehead atoms. The zero-order valence-corrected chi connectivity index (χ0v) is 11.4. The molecule has 0 radical (unpaired) electrons. The van der Waals surface area contributed by atoms with Crippen LogP contribution in [0.4, 0.5) is 13.2 Å². The summed E-state index contributed by atoms with van der Waals surface area (Å²) >= 11 is 5.57. The maximum absolute atomic E-state index is 13.2. The third-order valence-electron chi connectivity index (χ3n) is 2.58. The molecule has 5 nitrogen and oxygen atoms in total. The Morgan fingerprint density at radius 2 is 1.90 bits per heavy atom. The van der Waals surface area contributed by atoms with E-state index in [1.807, 2.05) is 0 Å². The van der Waals surface area contributed by atoms with Gasteiger partial charge < -0.3 is 15.4 Å². The van der Waals surface area contributed by atoms with E-state index in [-0.39, 0.29) is 11.6 Å². The van der Waals surface area contributed by atoms with Crippen molar-refractivity contribution in [2.45, 2.75) is 18.7 Å². The molecule has 0 amide bonds. The lowest BCUT2D eigenvalue weighted by Crippen LogP contribution is -2.53. The number of esters is 1. The summed E-state index contributed by atoms with van der Waals surface area (Å²) in [5.41, 5.74) is 2.60. The second-order valence-corrected chi connectivity index (χ2v) is 4.32. The number of alkyl halides is 3. The molecule has 21 heavy (non-hydrogen) atoms. The Labute approximate surface area is 122 Å². The van der Waals surface area contributed by atoms with Gasteiger partial charge in [0, 0.05) is 10.6 Å². The van der Waals surface area contributed by atoms with Gasteiger partial charge in [0.15, 0.2) is 0 Å². The Kier molecular flexibility index (Phi) is 5.11. The van der Waals surface area contributed by atoms with Gasteiger partial charge in [-0.3, -0.25) is 0 Å². The Hall–Kier alpha value is -1.89. The second-order valence-electron chi connectivity index (χ2n) is 3.88. The normalized spacial score (nSPS) is 14.0. The number of hydrogen-bond acceptors (Lipinski definition) is 3. The van der Waals surface area contributed by atoms with Crippen molar-refractivity contribution in [3.05, 3.63) is 40.4 Å². The predicted molar refractivity (Wildman–Crippen MR) is 66.7 cm³/mol. The molecule has 0 heterocycles. The molecule has 0 aliphatic rings. The monoisotopic (exact) mass is 322 g/mol. The van der Waals surface area contributed by atoms with Gasteiger partial charge in [0.25, 0.3) is 5.60 Å². The molecular formula is C12H10ClF3N2O3. The first kappa shape index (κ1) is 17.2. The molecule has 0 aliphatic heterocycles. The highest BCUT2D eigenvalue weighted by Gasteiger charge is 2.66. The van der Waals surface area contributed by atoms with Crippen LogP contribution in [0.15, 0.2) is 24.3 Å². The first-order chi connectivity index (χ1) is 9.68. The number of rotatable bonds is 4. The molecule has 1 N–H and O–H groups in total. The molecule has 1 aromatic carbocycles. The molecule has 0 aromatic heterocycles. The third-order valence-corrected chi connectivity index (χ3v) is 2.84. The fraction of sp³-hybridized carbons (Fsp3) is 0.333. The van der Waals surface area contributed by atoms with Gasteiger partial charge >= 0.3 is 17.9 Å². The molecule has 0 fully saturated rings. The highest BCUT2D eigenvalue weighted by molar-refractivity contribution is 6.37. The average molecular weight is 323 g/mol. The van der Waals surface area contributed by atoms with Crippen LogP contribution in [0.5, 0.6) is 0 Å². The van der Waals surface area contributed by atoms with Gasteiger partial charge in [-0.05, 0) is 19.1 Å². The minimum Gasteiger partial charge on any atom is -0.457 e. The highest BCUT2D eigenvalue weighted by Crippen LogP contribution is 2.40. The molecule has 0 aliphatic carbocycles. The Morgan fingerprint density at radius 3 is 2.29 bits per heavy atom. The fourth-order valence-electron chi connectivity index (χ4n) is 1.59. The van der Waals surface area contributed by atoms with E-state index < -0.39 is 29.0 Å². The Balaban J connectivity index is 3.51. The van der Waals surface area contributed by atoms with Crippen LogP contribution in [-0.2, 0) is 15.1 Å². The van der Waals surface area contributed by atoms with E-state index in [9.17, 15) is 23.1 Å². The first-order valence-electron chi connectivity index (χ1n) is 5.63. The second kappa shape index (κ2) is 6.26. The van der Waals surface area contributed by atoms with Crippen molar-refractivity contribution in [2.75, 3.05) is 6.61 Å². The average Bonchev–Trinajstić information content (AvgIpc) is 2.39. The number of aliphatic hydroxyl groups is 1. The van der Waals surface area contributed by atoms with Crippen molar-refractivity contribution < 1.29 is 32.6 Å². The zero-order valence-electron chi connectivity index (χ0n) is 10.7. The van der Waals surface area contributed by atoms with Crippen LogP contribution in [0.1, 0.15) is 12.5 Å². The van der Waals surface area contributed by atoms with Gasteiger partial charge in [0.1, 0.15) is 0 Å². The molecule has 0 spiro atoms. The lowest BCUT2D eigenvalue weighted by Gasteiger charge is -2.25. The van der Waals surface area contributed by atoms with Gasteiger partial charge in [0.2, 0.25) is 0 Å². The van der Waals surface area contributed by atoms with E-state index in [4.69, 9.17) is 17.1 Å². The molecule has 1 rings (SSSR count). The minimum absolute atomic E-state index is 0.127. The largest absolute Gasteiger partial charge is 0.457 e. The van der Waals surface area contributed by atoms with Crippen LogP contribution in [-0.4, -0.2) is 34.4 Å². The summed E-state index contributed by atoms with van der Waals surface area (Å²) in [5.74, 6) is -1.59. The number of carbonyl (C=O) groups excluding carboxylic acids is 1. The molecular weight excluding hydrogens is 313 g/mol. The lowest BCUT2D eigenvalue weighted by atomic mass is 9.88. The standard InChI is InChI=1S/C12H10ClF3N2O3/c1-2-21-10(19)9(18-17)11(20,12(14,15)16)7-3-5-8(13)6-4-7/h3-6,20H,2H2,1H3. The van der Waals surface area contributed by atoms with E-state index in [0.29, 0.717) is 0 Å². The van der Waals surface area contributed by atoms with Gasteiger partial charge in [-0.2, -0.15) is 18.0 Å². The van der Waals surface area contributed by atoms with Crippen LogP contribution in [0.3, 0.4) is 0 Å². The summed E-state index contributed by atoms with van der Waals surface area (Å²) in [7, 11) is 0. The molecule has 114 valence electrons. The van der Waals surface area contributed by atoms with E-state index in [0.717, 1.165) is 24.3 Å². The molecule has 1 atom stereocenters. The van der Waals surface area contributed by atoms with Crippen LogP contribution in [0.2, 0.25) is 5.02 Å². The summed E-state index contributed by atoms with van der Waals surface area (Å²) in [6, 6.07) is 3.90. The number of nitrogens with zero attached hydrogens (tertiary/aromatic N) is 2. The van der Waals surface area contributed by atoms with E-state index in [1.165, 1.54) is 6.92 Å². The van der Waals surface area contributed by atoms with Crippen LogP contribution >= 0.6 is 11.6 Å². The van der Waals surface area contributed by atoms with Crippen molar-refractivity contribution in [1.82, 2.24) is 0 Å². The van der Waals surface area contributed by atoms with Crippen molar-refractivity contribution in [2.24, 2.45) is 0 Å². The summed E-state index contributed by atoms with van der Waals surface area (Å²) < 4.78 is 44.1. The third kappa shape index (κ3) is 3.24. The maximum Gasteiger partial charge on any atom is 0.433 e. The van der Waals surface area contributed by atoms with Crippen LogP contribution in [0, 0.1) is 0 Å². The van der Waals surface area contributed by atoms with Crippen molar-refractivity contribution >= 4 is 23.3 Å². The van der Waals surface area contributed by atoms with Crippen molar-refractivity contribution in [3.8, 4) is 0 Å². The number of ether oxygens (including phenoxy) is 1. The maximum atomic E-state index is 13.2. The van der Waals surface area contributed by atoms with Crippen molar-refractivity contribution in [1.29, 1.82) is 0 Å². The topological polar surface area (TPSA) is 82.9 Å². The zero-order chi connectivity index (χ0) is 16.3. The SMILES string of the molecule is CCOC(=O)C(=[N+]=[N-])C(O)(c1ccc(Cl)cc1)C(F)(F)F. The Morgan fingerprint density at radius 1 is 1.38 bits per heavy atom. The fourth-order valence-corrected chi connectivity index (χ4v) is 1.71. The summed E-state index contributed by atoms with van der Waals surface area (Å²) in [4.78, 5) is 13.8. The predicted octanol–water partition coefficient (Wildman–Crippen LogP) is 2.32. The van der Waals surface area contributed by atoms with Gasteiger partial charge in [-0.1, -0.05) is 23.7 Å². The number of halogens is 4. The summed E-state index contributed by atoms with van der Waals surface area (Å²) in [5, 5.41) is 10.1. The quantitative estimate of drug-likeness (QED) is 0.399. The summed E-state index contributed by atoms with van der Waals surface area (Å²) in [6.45, 7) is 1.09. The van der Waals surface area contributed by atoms with Gasteiger partial charge in [-0.15, -0.1) is 0 Å². The van der Waals surface area contributed by atoms with Crippen LogP contribution in [0.25, 0.3) is 5.53 Å². The molecule has 1 aromatic rings. The number of hydrogen-bond donors (Lipinski definition) is 1. The molecule has 1 unspecified atom stereocenters. The number of carbonyl (C=O) groups is 1. The summed E-state index contributed by atoms with van der Waals surface area (Å²) in [6.07, 6.45) is -5.32. The van der Waals surface area contributed by atoms with E-state index in [1.54, 1.807) is 0 Å². The van der Waals surface area contributed by atoms with Crippen molar-refractivity contribution in [3.63, 3.8) is 0 Å². The van der Waals surface area contributed by atoms with E-state index in [2.05, 4.69) is 9.53 Å². The molecule has 0 saturated carbocycles. The smallest absolute Gasteiger partial charge is 0.433 e. The Bertz CT molecular complexity index is 582. The van der Waals surface area contributed by atoms with E-state index >= 15 is 0 Å². The molecule has 0 saturated heterocycles. The first-order valence-corrected chi connectivity index (χ1v) is 6.01. The van der Waals surface area contributed by atoms with Crippen LogP contribution < -0.4 is 0 Å². The molecule has 9 heteroatoms. The van der Waals surface area contributed by atoms with Gasteiger partial charge in [-0.25, -0.2) is 4.79 Å². The number of benzene rings is 1. The van der Waals surface area contributed by atoms with Gasteiger partial charge in [0.05, 0.1) is 6.61 Å².